The zero-order valence-corrected chi connectivity index (χ0v) is 23.1. The fourth-order valence-corrected chi connectivity index (χ4v) is 6.37. The van der Waals surface area contributed by atoms with Crippen LogP contribution in [0.1, 0.15) is 18.3 Å². The standard InChI is InChI=1S/C39H28N2/c1-3-29-23-36(35-21-18-27-13-12-24(2)40-38(27)39(35)41-29)26-16-14-25(15-17-26)28-19-20-34-32-10-5-4-8-30(32)31-9-6-7-11-33(31)37(34)22-28/h4-23H,3H2,1-2H3. The molecular formula is C39H28N2. The van der Waals surface area contributed by atoms with Crippen molar-refractivity contribution in [2.24, 2.45) is 0 Å². The Morgan fingerprint density at radius 2 is 1.02 bits per heavy atom. The van der Waals surface area contributed by atoms with E-state index in [1.807, 2.05) is 6.92 Å². The van der Waals surface area contributed by atoms with Crippen molar-refractivity contribution in [1.29, 1.82) is 0 Å². The van der Waals surface area contributed by atoms with Gasteiger partial charge in [-0.25, -0.2) is 0 Å². The van der Waals surface area contributed by atoms with E-state index in [2.05, 4.69) is 128 Å². The Morgan fingerprint density at radius 1 is 0.463 bits per heavy atom. The Morgan fingerprint density at radius 3 is 1.71 bits per heavy atom. The monoisotopic (exact) mass is 524 g/mol. The summed E-state index contributed by atoms with van der Waals surface area (Å²) in [6.45, 7) is 4.21. The summed E-state index contributed by atoms with van der Waals surface area (Å²) in [5.74, 6) is 0. The normalized spacial score (nSPS) is 11.8. The number of pyridine rings is 2. The van der Waals surface area contributed by atoms with Crippen molar-refractivity contribution in [2.75, 3.05) is 0 Å². The van der Waals surface area contributed by atoms with Gasteiger partial charge in [-0.2, -0.15) is 0 Å². The molecule has 2 nitrogen and oxygen atoms in total. The van der Waals surface area contributed by atoms with Gasteiger partial charge in [-0.1, -0.05) is 110 Å². The highest BCUT2D eigenvalue weighted by atomic mass is 14.8. The Balaban J connectivity index is 1.28. The van der Waals surface area contributed by atoms with Gasteiger partial charge in [0.1, 0.15) is 0 Å². The van der Waals surface area contributed by atoms with E-state index in [1.54, 1.807) is 0 Å². The van der Waals surface area contributed by atoms with Gasteiger partial charge in [-0.3, -0.25) is 9.97 Å². The van der Waals surface area contributed by atoms with E-state index in [1.165, 1.54) is 54.6 Å². The lowest BCUT2D eigenvalue weighted by molar-refractivity contribution is 1.06. The summed E-state index contributed by atoms with van der Waals surface area (Å²) in [6.07, 6.45) is 0.878. The topological polar surface area (TPSA) is 25.8 Å². The molecule has 41 heavy (non-hydrogen) atoms. The zero-order chi connectivity index (χ0) is 27.5. The van der Waals surface area contributed by atoms with E-state index in [-0.39, 0.29) is 0 Å². The first-order valence-corrected chi connectivity index (χ1v) is 14.3. The van der Waals surface area contributed by atoms with Crippen molar-refractivity contribution < 1.29 is 0 Å². The van der Waals surface area contributed by atoms with Crippen molar-refractivity contribution in [2.45, 2.75) is 20.3 Å². The second-order valence-electron chi connectivity index (χ2n) is 10.9. The van der Waals surface area contributed by atoms with Crippen LogP contribution in [0.15, 0.2) is 121 Å². The van der Waals surface area contributed by atoms with E-state index in [0.717, 1.165) is 39.6 Å². The molecule has 0 aliphatic heterocycles. The first-order chi connectivity index (χ1) is 20.2. The molecule has 0 radical (unpaired) electrons. The molecule has 0 bridgehead atoms. The van der Waals surface area contributed by atoms with Crippen molar-refractivity contribution in [3.05, 3.63) is 133 Å². The number of rotatable bonds is 3. The van der Waals surface area contributed by atoms with Crippen LogP contribution in [0, 0.1) is 6.92 Å². The lowest BCUT2D eigenvalue weighted by atomic mass is 9.91. The van der Waals surface area contributed by atoms with Gasteiger partial charge in [0.25, 0.3) is 0 Å². The SMILES string of the molecule is CCc1cc(-c2ccc(-c3ccc4c5ccccc5c5ccccc5c4c3)cc2)c2ccc3ccc(C)nc3c2n1. The van der Waals surface area contributed by atoms with Crippen LogP contribution in [0.4, 0.5) is 0 Å². The van der Waals surface area contributed by atoms with E-state index < -0.39 is 0 Å². The van der Waals surface area contributed by atoms with Crippen molar-refractivity contribution in [1.82, 2.24) is 9.97 Å². The predicted molar refractivity (Wildman–Crippen MR) is 175 cm³/mol. The molecule has 0 atom stereocenters. The maximum atomic E-state index is 5.03. The van der Waals surface area contributed by atoms with Crippen molar-refractivity contribution in [3.63, 3.8) is 0 Å². The molecule has 0 amide bonds. The summed E-state index contributed by atoms with van der Waals surface area (Å²) in [5.41, 5.74) is 8.90. The molecule has 0 saturated heterocycles. The number of benzene rings is 6. The minimum atomic E-state index is 0.878. The number of aromatic nitrogens is 2. The Bertz CT molecular complexity index is 2260. The molecular weight excluding hydrogens is 496 g/mol. The van der Waals surface area contributed by atoms with Crippen LogP contribution in [0.3, 0.4) is 0 Å². The molecule has 0 saturated carbocycles. The summed E-state index contributed by atoms with van der Waals surface area (Å²) in [5, 5.41) is 10.1. The number of aryl methyl sites for hydroxylation is 2. The Labute approximate surface area is 238 Å². The highest BCUT2D eigenvalue weighted by Gasteiger charge is 2.13. The third kappa shape index (κ3) is 3.79. The van der Waals surface area contributed by atoms with Gasteiger partial charge in [0, 0.05) is 22.2 Å². The average molecular weight is 525 g/mol. The molecule has 6 aromatic carbocycles. The van der Waals surface area contributed by atoms with Crippen LogP contribution in [0.25, 0.3) is 76.4 Å². The fourth-order valence-electron chi connectivity index (χ4n) is 6.37. The summed E-state index contributed by atoms with van der Waals surface area (Å²) in [4.78, 5) is 9.90. The Hall–Kier alpha value is -5.08. The molecule has 0 aliphatic carbocycles. The third-order valence-electron chi connectivity index (χ3n) is 8.47. The van der Waals surface area contributed by atoms with Crippen molar-refractivity contribution in [3.8, 4) is 22.3 Å². The van der Waals surface area contributed by atoms with Crippen LogP contribution >= 0.6 is 0 Å². The smallest absolute Gasteiger partial charge is 0.0974 e. The zero-order valence-electron chi connectivity index (χ0n) is 23.1. The van der Waals surface area contributed by atoms with Gasteiger partial charge in [0.2, 0.25) is 0 Å². The predicted octanol–water partition coefficient (Wildman–Crippen LogP) is 10.4. The minimum Gasteiger partial charge on any atom is -0.251 e. The number of nitrogens with zero attached hydrogens (tertiary/aromatic N) is 2. The fraction of sp³-hybridized carbons (Fsp3) is 0.0769. The summed E-state index contributed by atoms with van der Waals surface area (Å²) in [6, 6.07) is 44.2. The number of hydrogen-bond donors (Lipinski definition) is 0. The van der Waals surface area contributed by atoms with Crippen LogP contribution < -0.4 is 0 Å². The molecule has 8 aromatic rings. The number of hydrogen-bond acceptors (Lipinski definition) is 2. The van der Waals surface area contributed by atoms with Crippen LogP contribution in [-0.2, 0) is 6.42 Å². The second kappa shape index (κ2) is 9.25. The first-order valence-electron chi connectivity index (χ1n) is 14.3. The maximum Gasteiger partial charge on any atom is 0.0974 e. The quantitative estimate of drug-likeness (QED) is 0.215. The van der Waals surface area contributed by atoms with Gasteiger partial charge in [0.15, 0.2) is 0 Å². The molecule has 2 heteroatoms. The summed E-state index contributed by atoms with van der Waals surface area (Å²) in [7, 11) is 0. The first kappa shape index (κ1) is 23.8. The van der Waals surface area contributed by atoms with Gasteiger partial charge >= 0.3 is 0 Å². The highest BCUT2D eigenvalue weighted by Crippen LogP contribution is 2.38. The average Bonchev–Trinajstić information content (AvgIpc) is 3.04. The van der Waals surface area contributed by atoms with E-state index in [4.69, 9.17) is 9.97 Å². The largest absolute Gasteiger partial charge is 0.251 e. The lowest BCUT2D eigenvalue weighted by Crippen LogP contribution is -1.95. The molecule has 8 rings (SSSR count). The molecule has 0 spiro atoms. The van der Waals surface area contributed by atoms with Gasteiger partial charge in [0.05, 0.1) is 11.0 Å². The van der Waals surface area contributed by atoms with E-state index >= 15 is 0 Å². The summed E-state index contributed by atoms with van der Waals surface area (Å²) >= 11 is 0. The molecule has 0 unspecified atom stereocenters. The lowest BCUT2D eigenvalue weighted by Gasteiger charge is -2.13. The maximum absolute atomic E-state index is 5.03. The van der Waals surface area contributed by atoms with Crippen LogP contribution in [-0.4, -0.2) is 9.97 Å². The highest BCUT2D eigenvalue weighted by molar-refractivity contribution is 6.25. The summed E-state index contributed by atoms with van der Waals surface area (Å²) < 4.78 is 0. The molecule has 0 fully saturated rings. The third-order valence-corrected chi connectivity index (χ3v) is 8.47. The van der Waals surface area contributed by atoms with Gasteiger partial charge in [-0.05, 0) is 86.1 Å². The Kier molecular flexibility index (Phi) is 5.36. The molecule has 2 aromatic heterocycles. The van der Waals surface area contributed by atoms with Crippen LogP contribution in [0.2, 0.25) is 0 Å². The molecule has 0 N–H and O–H groups in total. The van der Waals surface area contributed by atoms with Gasteiger partial charge in [-0.15, -0.1) is 0 Å². The van der Waals surface area contributed by atoms with Crippen LogP contribution in [0.5, 0.6) is 0 Å². The second-order valence-corrected chi connectivity index (χ2v) is 10.9. The molecule has 2 heterocycles. The van der Waals surface area contributed by atoms with Gasteiger partial charge < -0.3 is 0 Å². The van der Waals surface area contributed by atoms with E-state index in [0.29, 0.717) is 0 Å². The van der Waals surface area contributed by atoms with Crippen molar-refractivity contribution >= 4 is 54.1 Å². The number of fused-ring (bicyclic) bond motifs is 9. The van der Waals surface area contributed by atoms with E-state index in [9.17, 15) is 0 Å². The minimum absolute atomic E-state index is 0.878. The molecule has 0 aliphatic rings. The molecule has 194 valence electrons.